The molecule has 0 radical (unpaired) electrons. The van der Waals surface area contributed by atoms with Crippen molar-refractivity contribution in [1.82, 2.24) is 4.90 Å². The van der Waals surface area contributed by atoms with E-state index in [2.05, 4.69) is 27.7 Å². The molecule has 1 fully saturated rings. The fourth-order valence-electron chi connectivity index (χ4n) is 3.93. The predicted octanol–water partition coefficient (Wildman–Crippen LogP) is 2.56. The Morgan fingerprint density at radius 1 is 1.08 bits per heavy atom. The van der Waals surface area contributed by atoms with Crippen LogP contribution in [0.5, 0.6) is 5.75 Å². The lowest BCUT2D eigenvalue weighted by Crippen LogP contribution is -2.54. The largest absolute Gasteiger partial charge is 0.485 e. The van der Waals surface area contributed by atoms with Crippen molar-refractivity contribution in [2.24, 2.45) is 0 Å². The summed E-state index contributed by atoms with van der Waals surface area (Å²) < 4.78 is 6.13. The van der Waals surface area contributed by atoms with Gasteiger partial charge in [-0.3, -0.25) is 4.90 Å². The van der Waals surface area contributed by atoms with Crippen LogP contribution < -0.4 is 15.4 Å². The minimum atomic E-state index is -0.574. The molecule has 2 unspecified atom stereocenters. The summed E-state index contributed by atoms with van der Waals surface area (Å²) >= 11 is 0. The topological polar surface area (TPSA) is 88.3 Å². The molecule has 4 rings (SSSR count). The summed E-state index contributed by atoms with van der Waals surface area (Å²) in [6, 6.07) is 4.25. The van der Waals surface area contributed by atoms with Crippen LogP contribution in [0.3, 0.4) is 0 Å². The molecule has 5 N–H and O–H groups in total. The standard InChI is InChI=1S/C17H25N3O2.2ClH.H2O/c1-17(2)16(21)15(20-6-4-3-5-7-20)11-8-12-13(19-10-18-12)9-14(11)22-17;;;/h8-9,15-16,18-19,21H,3-7,10H2,1-2H3;2*1H;1H2. The van der Waals surface area contributed by atoms with Gasteiger partial charge >= 0.3 is 0 Å². The van der Waals surface area contributed by atoms with Gasteiger partial charge in [-0.25, -0.2) is 0 Å². The Morgan fingerprint density at radius 2 is 1.68 bits per heavy atom. The number of hydrogen-bond donors (Lipinski definition) is 3. The highest BCUT2D eigenvalue weighted by molar-refractivity contribution is 5.85. The number of benzene rings is 1. The Labute approximate surface area is 161 Å². The summed E-state index contributed by atoms with van der Waals surface area (Å²) in [6.07, 6.45) is 3.20. The van der Waals surface area contributed by atoms with E-state index in [1.165, 1.54) is 19.3 Å². The molecule has 25 heavy (non-hydrogen) atoms. The second-order valence-corrected chi connectivity index (χ2v) is 7.16. The molecule has 2 atom stereocenters. The van der Waals surface area contributed by atoms with Gasteiger partial charge in [0.25, 0.3) is 0 Å². The number of piperidine rings is 1. The van der Waals surface area contributed by atoms with Crippen LogP contribution in [0.15, 0.2) is 12.1 Å². The van der Waals surface area contributed by atoms with Crippen LogP contribution in [-0.4, -0.2) is 46.9 Å². The molecule has 6 nitrogen and oxygen atoms in total. The summed E-state index contributed by atoms with van der Waals surface area (Å²) in [6.45, 7) is 6.82. The van der Waals surface area contributed by atoms with E-state index in [1.807, 2.05) is 13.8 Å². The smallest absolute Gasteiger partial charge is 0.131 e. The first kappa shape index (κ1) is 22.1. The third-order valence-electron chi connectivity index (χ3n) is 5.19. The van der Waals surface area contributed by atoms with Gasteiger partial charge in [-0.1, -0.05) is 6.42 Å². The second kappa shape index (κ2) is 8.18. The number of rotatable bonds is 1. The van der Waals surface area contributed by atoms with Crippen LogP contribution in [0.2, 0.25) is 0 Å². The van der Waals surface area contributed by atoms with Crippen molar-refractivity contribution in [2.45, 2.75) is 50.9 Å². The van der Waals surface area contributed by atoms with Crippen LogP contribution >= 0.6 is 24.8 Å². The normalized spacial score (nSPS) is 26.2. The fraction of sp³-hybridized carbons (Fsp3) is 0.647. The number of nitrogens with one attached hydrogen (secondary N) is 2. The van der Waals surface area contributed by atoms with Crippen molar-refractivity contribution < 1.29 is 15.3 Å². The Morgan fingerprint density at radius 3 is 2.32 bits per heavy atom. The van der Waals surface area contributed by atoms with Gasteiger partial charge in [-0.15, -0.1) is 24.8 Å². The lowest BCUT2D eigenvalue weighted by molar-refractivity contribution is -0.0960. The number of anilines is 2. The van der Waals surface area contributed by atoms with E-state index in [1.54, 1.807) is 0 Å². The van der Waals surface area contributed by atoms with Gasteiger partial charge in [0.15, 0.2) is 0 Å². The zero-order valence-corrected chi connectivity index (χ0v) is 16.3. The fourth-order valence-corrected chi connectivity index (χ4v) is 3.93. The molecule has 0 bridgehead atoms. The number of hydrogen-bond acceptors (Lipinski definition) is 5. The summed E-state index contributed by atoms with van der Waals surface area (Å²) in [5.41, 5.74) is 2.73. The SMILES string of the molecule is CC1(C)Oc2cc3c(cc2C(N2CCCCC2)C1O)NCN3.Cl.Cl.O. The van der Waals surface area contributed by atoms with Crippen molar-refractivity contribution in [2.75, 3.05) is 30.4 Å². The first-order chi connectivity index (χ1) is 10.6. The third kappa shape index (κ3) is 3.78. The highest BCUT2D eigenvalue weighted by Crippen LogP contribution is 2.47. The van der Waals surface area contributed by atoms with Gasteiger partial charge in [-0.05, 0) is 45.8 Å². The van der Waals surface area contributed by atoms with Crippen LogP contribution in [0.25, 0.3) is 0 Å². The van der Waals surface area contributed by atoms with Crippen molar-refractivity contribution in [3.05, 3.63) is 17.7 Å². The predicted molar refractivity (Wildman–Crippen MR) is 106 cm³/mol. The number of aliphatic hydroxyl groups is 1. The molecular weight excluding hydrogens is 365 g/mol. The summed E-state index contributed by atoms with van der Waals surface area (Å²) in [5.74, 6) is 0.904. The Bertz CT molecular complexity index is 595. The van der Waals surface area contributed by atoms with E-state index in [4.69, 9.17) is 4.74 Å². The highest BCUT2D eigenvalue weighted by Gasteiger charge is 2.46. The molecule has 0 saturated carbocycles. The first-order valence-electron chi connectivity index (χ1n) is 8.33. The van der Waals surface area contributed by atoms with Crippen molar-refractivity contribution >= 4 is 36.2 Å². The van der Waals surface area contributed by atoms with Gasteiger partial charge in [0.05, 0.1) is 24.1 Å². The highest BCUT2D eigenvalue weighted by atomic mass is 35.5. The van der Waals surface area contributed by atoms with E-state index in [0.29, 0.717) is 0 Å². The molecule has 0 amide bonds. The van der Waals surface area contributed by atoms with E-state index in [-0.39, 0.29) is 36.3 Å². The van der Waals surface area contributed by atoms with Gasteiger partial charge in [0, 0.05) is 11.6 Å². The van der Waals surface area contributed by atoms with Crippen molar-refractivity contribution in [1.29, 1.82) is 0 Å². The molecule has 3 aliphatic heterocycles. The van der Waals surface area contributed by atoms with Gasteiger partial charge in [-0.2, -0.15) is 0 Å². The molecule has 144 valence electrons. The van der Waals surface area contributed by atoms with Crippen LogP contribution in [0, 0.1) is 0 Å². The van der Waals surface area contributed by atoms with E-state index in [9.17, 15) is 5.11 Å². The Hall–Kier alpha value is -0.920. The molecule has 3 aliphatic rings. The Balaban J connectivity index is 0.00000104. The summed E-state index contributed by atoms with van der Waals surface area (Å²) in [5, 5.41) is 17.6. The monoisotopic (exact) mass is 393 g/mol. The number of halogens is 2. The number of fused-ring (bicyclic) bond motifs is 2. The average molecular weight is 394 g/mol. The van der Waals surface area contributed by atoms with Gasteiger partial charge in [0.2, 0.25) is 0 Å². The number of nitrogens with zero attached hydrogens (tertiary/aromatic N) is 1. The van der Waals surface area contributed by atoms with E-state index < -0.39 is 11.7 Å². The summed E-state index contributed by atoms with van der Waals surface area (Å²) in [4.78, 5) is 2.44. The zero-order valence-electron chi connectivity index (χ0n) is 14.7. The first-order valence-corrected chi connectivity index (χ1v) is 8.33. The molecule has 0 spiro atoms. The maximum atomic E-state index is 10.9. The molecule has 8 heteroatoms. The van der Waals surface area contributed by atoms with Crippen LogP contribution in [0.1, 0.15) is 44.7 Å². The maximum absolute atomic E-state index is 10.9. The summed E-state index contributed by atoms with van der Waals surface area (Å²) in [7, 11) is 0. The van der Waals surface area contributed by atoms with Crippen molar-refractivity contribution in [3.63, 3.8) is 0 Å². The zero-order chi connectivity index (χ0) is 15.3. The maximum Gasteiger partial charge on any atom is 0.131 e. The lowest BCUT2D eigenvalue weighted by atomic mass is 9.84. The Kier molecular flexibility index (Phi) is 7.24. The molecule has 1 aromatic rings. The third-order valence-corrected chi connectivity index (χ3v) is 5.19. The van der Waals surface area contributed by atoms with E-state index >= 15 is 0 Å². The second-order valence-electron chi connectivity index (χ2n) is 7.16. The minimum absolute atomic E-state index is 0. The molecular formula is C17H29Cl2N3O3. The van der Waals surface area contributed by atoms with Gasteiger partial charge in [0.1, 0.15) is 17.5 Å². The average Bonchev–Trinajstić information content (AvgIpc) is 2.94. The quantitative estimate of drug-likeness (QED) is 0.682. The lowest BCUT2D eigenvalue weighted by Gasteiger charge is -2.47. The number of ether oxygens (including phenoxy) is 1. The molecule has 0 aromatic heterocycles. The van der Waals surface area contributed by atoms with E-state index in [0.717, 1.165) is 42.4 Å². The molecule has 1 aromatic carbocycles. The minimum Gasteiger partial charge on any atom is -0.485 e. The van der Waals surface area contributed by atoms with Gasteiger partial charge < -0.3 is 26.0 Å². The number of likely N-dealkylation sites (tertiary alicyclic amines) is 1. The van der Waals surface area contributed by atoms with Crippen LogP contribution in [0.4, 0.5) is 11.4 Å². The number of aliphatic hydroxyl groups excluding tert-OH is 1. The molecule has 0 aliphatic carbocycles. The molecule has 3 heterocycles. The van der Waals surface area contributed by atoms with Crippen LogP contribution in [-0.2, 0) is 0 Å². The molecule has 1 saturated heterocycles. The van der Waals surface area contributed by atoms with Crippen molar-refractivity contribution in [3.8, 4) is 5.75 Å².